The largest absolute Gasteiger partial charge is 0.494 e. The highest BCUT2D eigenvalue weighted by Crippen LogP contribution is 2.39. The Morgan fingerprint density at radius 2 is 1.82 bits per heavy atom. The zero-order valence-corrected chi connectivity index (χ0v) is 22.1. The van der Waals surface area contributed by atoms with Gasteiger partial charge in [-0.1, -0.05) is 36.8 Å². The van der Waals surface area contributed by atoms with E-state index in [0.717, 1.165) is 36.9 Å². The molecule has 1 saturated carbocycles. The number of nitrogens with zero attached hydrogens (tertiary/aromatic N) is 2. The fraction of sp³-hybridized carbons (Fsp3) is 0.290. The Hall–Kier alpha value is -4.33. The minimum Gasteiger partial charge on any atom is -0.494 e. The first kappa shape index (κ1) is 26.3. The molecule has 1 aromatic heterocycles. The van der Waals surface area contributed by atoms with Crippen LogP contribution < -0.4 is 20.1 Å². The molecule has 7 nitrogen and oxygen atoms in total. The number of aromatic amines is 1. The van der Waals surface area contributed by atoms with Crippen LogP contribution in [-0.2, 0) is 6.54 Å². The molecule has 1 aliphatic carbocycles. The van der Waals surface area contributed by atoms with E-state index in [1.807, 2.05) is 54.3 Å². The van der Waals surface area contributed by atoms with Crippen molar-refractivity contribution in [2.45, 2.75) is 51.7 Å². The Kier molecular flexibility index (Phi) is 8.10. The van der Waals surface area contributed by atoms with Crippen LogP contribution in [0.2, 0.25) is 0 Å². The van der Waals surface area contributed by atoms with Crippen LogP contribution in [0.25, 0.3) is 11.3 Å². The average molecular weight is 528 g/mol. The lowest BCUT2D eigenvalue weighted by molar-refractivity contribution is 0.148. The fourth-order valence-electron chi connectivity index (χ4n) is 4.95. The van der Waals surface area contributed by atoms with Crippen LogP contribution in [0.5, 0.6) is 11.5 Å². The van der Waals surface area contributed by atoms with E-state index < -0.39 is 5.82 Å². The maximum absolute atomic E-state index is 16.3. The maximum Gasteiger partial charge on any atom is 0.188 e. The molecular weight excluding hydrogens is 493 g/mol. The van der Waals surface area contributed by atoms with Crippen molar-refractivity contribution < 1.29 is 13.9 Å². The normalized spacial score (nSPS) is 13.7. The van der Waals surface area contributed by atoms with Crippen LogP contribution in [0.3, 0.4) is 0 Å². The number of benzene rings is 3. The second kappa shape index (κ2) is 12.0. The van der Waals surface area contributed by atoms with Crippen molar-refractivity contribution in [1.82, 2.24) is 9.97 Å². The highest BCUT2D eigenvalue weighted by Gasteiger charge is 2.24. The van der Waals surface area contributed by atoms with Crippen molar-refractivity contribution in [3.8, 4) is 22.8 Å². The van der Waals surface area contributed by atoms with Gasteiger partial charge in [-0.05, 0) is 62.4 Å². The Morgan fingerprint density at radius 1 is 1.08 bits per heavy atom. The molecule has 0 bridgehead atoms. The number of H-pyrrole nitrogens is 1. The molecule has 5 rings (SSSR count). The molecule has 4 N–H and O–H groups in total. The Balaban J connectivity index is 1.55. The van der Waals surface area contributed by atoms with E-state index >= 15 is 4.39 Å². The van der Waals surface area contributed by atoms with E-state index in [9.17, 15) is 0 Å². The quantitative estimate of drug-likeness (QED) is 0.153. The molecule has 0 spiro atoms. The minimum absolute atomic E-state index is 0.0141. The standard InChI is InChI=1S/C31H34FN5O2/c1-2-38-25-17-27(30(32)28(18-25)39-24-11-7-4-8-12-24)37(23-15-13-22(14-16-23)31(33)34)20-29-35-19-26(36-29)21-9-5-3-6-10-21/h3,5-6,9-10,13-19,24H,2,4,7-8,11-12,20H2,1H3,(H3,33,34)(H,35,36). The van der Waals surface area contributed by atoms with Gasteiger partial charge in [-0.15, -0.1) is 0 Å². The molecule has 0 unspecified atom stereocenters. The zero-order valence-electron chi connectivity index (χ0n) is 22.1. The number of nitrogens with one attached hydrogen (secondary N) is 2. The van der Waals surface area contributed by atoms with E-state index in [-0.39, 0.29) is 24.2 Å². The summed E-state index contributed by atoms with van der Waals surface area (Å²) >= 11 is 0. The van der Waals surface area contributed by atoms with Crippen molar-refractivity contribution in [3.05, 3.63) is 90.1 Å². The van der Waals surface area contributed by atoms with Crippen LogP contribution in [0.4, 0.5) is 15.8 Å². The number of aromatic nitrogens is 2. The molecule has 4 aromatic rings. The van der Waals surface area contributed by atoms with Gasteiger partial charge in [0.1, 0.15) is 17.4 Å². The van der Waals surface area contributed by atoms with Crippen LogP contribution in [0.1, 0.15) is 50.4 Å². The number of hydrogen-bond donors (Lipinski definition) is 3. The number of anilines is 2. The molecule has 0 radical (unpaired) electrons. The van der Waals surface area contributed by atoms with Gasteiger partial charge in [0, 0.05) is 23.4 Å². The first-order valence-electron chi connectivity index (χ1n) is 13.5. The fourth-order valence-corrected chi connectivity index (χ4v) is 4.95. The first-order valence-corrected chi connectivity index (χ1v) is 13.5. The van der Waals surface area contributed by atoms with E-state index in [1.165, 1.54) is 6.42 Å². The summed E-state index contributed by atoms with van der Waals surface area (Å²) in [7, 11) is 0. The molecule has 0 atom stereocenters. The van der Waals surface area contributed by atoms with Gasteiger partial charge in [0.05, 0.1) is 36.8 Å². The third-order valence-corrected chi connectivity index (χ3v) is 6.95. The summed E-state index contributed by atoms with van der Waals surface area (Å²) in [5, 5.41) is 7.76. The molecule has 8 heteroatoms. The lowest BCUT2D eigenvalue weighted by Gasteiger charge is -2.28. The number of halogens is 1. The van der Waals surface area contributed by atoms with Gasteiger partial charge >= 0.3 is 0 Å². The smallest absolute Gasteiger partial charge is 0.188 e. The second-order valence-corrected chi connectivity index (χ2v) is 9.72. The van der Waals surface area contributed by atoms with Gasteiger partial charge in [-0.25, -0.2) is 9.37 Å². The van der Waals surface area contributed by atoms with Crippen LogP contribution >= 0.6 is 0 Å². The summed E-state index contributed by atoms with van der Waals surface area (Å²) in [5.74, 6) is 0.918. The molecule has 39 heavy (non-hydrogen) atoms. The molecule has 0 amide bonds. The van der Waals surface area contributed by atoms with E-state index in [4.69, 9.17) is 20.6 Å². The summed E-state index contributed by atoms with van der Waals surface area (Å²) in [4.78, 5) is 9.81. The van der Waals surface area contributed by atoms with Crippen LogP contribution in [0.15, 0.2) is 72.9 Å². The highest BCUT2D eigenvalue weighted by atomic mass is 19.1. The second-order valence-electron chi connectivity index (χ2n) is 9.72. The summed E-state index contributed by atoms with van der Waals surface area (Å²) in [6.45, 7) is 2.61. The summed E-state index contributed by atoms with van der Waals surface area (Å²) in [6.07, 6.45) is 6.95. The van der Waals surface area contributed by atoms with E-state index in [1.54, 1.807) is 30.5 Å². The number of nitrogens with two attached hydrogens (primary N) is 1. The molecule has 1 heterocycles. The Labute approximate surface area is 228 Å². The van der Waals surface area contributed by atoms with Gasteiger partial charge in [0.25, 0.3) is 0 Å². The van der Waals surface area contributed by atoms with E-state index in [0.29, 0.717) is 35.1 Å². The summed E-state index contributed by atoms with van der Waals surface area (Å²) in [6, 6.07) is 20.4. The lowest BCUT2D eigenvalue weighted by Crippen LogP contribution is -2.22. The number of nitrogen functional groups attached to an aromatic ring is 1. The van der Waals surface area contributed by atoms with Gasteiger partial charge in [0.15, 0.2) is 11.6 Å². The van der Waals surface area contributed by atoms with Crippen molar-refractivity contribution in [2.24, 2.45) is 5.73 Å². The zero-order chi connectivity index (χ0) is 27.2. The van der Waals surface area contributed by atoms with Crippen molar-refractivity contribution in [2.75, 3.05) is 11.5 Å². The van der Waals surface area contributed by atoms with Crippen molar-refractivity contribution in [1.29, 1.82) is 5.41 Å². The molecule has 202 valence electrons. The van der Waals surface area contributed by atoms with Crippen LogP contribution in [-0.4, -0.2) is 28.5 Å². The van der Waals surface area contributed by atoms with Gasteiger partial charge in [0.2, 0.25) is 0 Å². The molecule has 1 aliphatic rings. The number of rotatable bonds is 10. The third-order valence-electron chi connectivity index (χ3n) is 6.95. The van der Waals surface area contributed by atoms with E-state index in [2.05, 4.69) is 9.97 Å². The molecular formula is C31H34FN5O2. The third kappa shape index (κ3) is 6.22. The number of hydrogen-bond acceptors (Lipinski definition) is 5. The van der Waals surface area contributed by atoms with Gasteiger partial charge < -0.3 is 25.1 Å². The van der Waals surface area contributed by atoms with Gasteiger partial charge in [-0.2, -0.15) is 0 Å². The summed E-state index contributed by atoms with van der Waals surface area (Å²) in [5.41, 5.74) is 9.20. The molecule has 3 aromatic carbocycles. The maximum atomic E-state index is 16.3. The number of imidazole rings is 1. The predicted octanol–water partition coefficient (Wildman–Crippen LogP) is 6.95. The molecule has 0 aliphatic heterocycles. The van der Waals surface area contributed by atoms with Crippen LogP contribution in [0, 0.1) is 11.2 Å². The highest BCUT2D eigenvalue weighted by molar-refractivity contribution is 5.95. The van der Waals surface area contributed by atoms with Crippen molar-refractivity contribution >= 4 is 17.2 Å². The number of amidine groups is 1. The Morgan fingerprint density at radius 3 is 2.51 bits per heavy atom. The van der Waals surface area contributed by atoms with Gasteiger partial charge in [-0.3, -0.25) is 5.41 Å². The lowest BCUT2D eigenvalue weighted by atomic mass is 9.98. The minimum atomic E-state index is -0.450. The molecule has 1 fully saturated rings. The Bertz CT molecular complexity index is 1400. The summed E-state index contributed by atoms with van der Waals surface area (Å²) < 4.78 is 28.3. The predicted molar refractivity (Wildman–Crippen MR) is 152 cm³/mol. The SMILES string of the molecule is CCOc1cc(OC2CCCCC2)c(F)c(N(Cc2ncc(-c3ccccc3)[nH]2)c2ccc(C(=N)N)cc2)c1. The first-order chi connectivity index (χ1) is 19.0. The van der Waals surface area contributed by atoms with Crippen molar-refractivity contribution in [3.63, 3.8) is 0 Å². The monoisotopic (exact) mass is 527 g/mol. The topological polar surface area (TPSA) is 100 Å². The number of ether oxygens (including phenoxy) is 2. The molecule has 0 saturated heterocycles. The average Bonchev–Trinajstić information content (AvgIpc) is 3.44.